The molecule has 0 bridgehead atoms. The second-order valence-electron chi connectivity index (χ2n) is 4.15. The fourth-order valence-electron chi connectivity index (χ4n) is 2.01. The highest BCUT2D eigenvalue weighted by Gasteiger charge is 2.16. The zero-order chi connectivity index (χ0) is 12.7. The molecular formula is C13H13F2NO. The number of H-pyrrole nitrogens is 1. The number of fused-ring (bicyclic) bond motifs is 1. The smallest absolute Gasteiger partial charge is 0.195 e. The molecule has 0 aliphatic heterocycles. The molecule has 2 nitrogen and oxygen atoms in total. The van der Waals surface area contributed by atoms with Gasteiger partial charge in [0.1, 0.15) is 11.6 Å². The van der Waals surface area contributed by atoms with Gasteiger partial charge in [-0.2, -0.15) is 0 Å². The Morgan fingerprint density at radius 3 is 2.53 bits per heavy atom. The second kappa shape index (κ2) is 3.95. The highest BCUT2D eigenvalue weighted by atomic mass is 19.1. The predicted octanol–water partition coefficient (Wildman–Crippen LogP) is 2.99. The lowest BCUT2D eigenvalue weighted by Crippen LogP contribution is -2.14. The number of aromatic amines is 1. The molecule has 0 saturated carbocycles. The zero-order valence-electron chi connectivity index (χ0n) is 9.95. The van der Waals surface area contributed by atoms with E-state index in [0.29, 0.717) is 17.7 Å². The van der Waals surface area contributed by atoms with Crippen LogP contribution in [0.2, 0.25) is 0 Å². The molecule has 1 N–H and O–H groups in total. The van der Waals surface area contributed by atoms with Crippen LogP contribution >= 0.6 is 0 Å². The molecule has 1 heterocycles. The van der Waals surface area contributed by atoms with Crippen molar-refractivity contribution in [2.45, 2.75) is 27.2 Å². The minimum atomic E-state index is -0.645. The summed E-state index contributed by atoms with van der Waals surface area (Å²) in [6.07, 6.45) is 0.575. The van der Waals surface area contributed by atoms with Crippen LogP contribution in [0, 0.1) is 25.5 Å². The van der Waals surface area contributed by atoms with Crippen molar-refractivity contribution in [1.29, 1.82) is 0 Å². The highest BCUT2D eigenvalue weighted by Crippen LogP contribution is 2.21. The van der Waals surface area contributed by atoms with Crippen molar-refractivity contribution < 1.29 is 8.78 Å². The van der Waals surface area contributed by atoms with Crippen LogP contribution in [0.25, 0.3) is 10.9 Å². The van der Waals surface area contributed by atoms with Gasteiger partial charge < -0.3 is 4.98 Å². The molecule has 0 saturated heterocycles. The van der Waals surface area contributed by atoms with Gasteiger partial charge in [0.05, 0.1) is 10.9 Å². The second-order valence-corrected chi connectivity index (χ2v) is 4.15. The molecule has 0 aliphatic rings. The SMILES string of the molecule is CCc1[nH]c2c(F)cc(C)c(F)c2c(=O)c1C. The Kier molecular flexibility index (Phi) is 2.73. The topological polar surface area (TPSA) is 32.9 Å². The number of nitrogens with one attached hydrogen (secondary N) is 1. The number of halogens is 2. The summed E-state index contributed by atoms with van der Waals surface area (Å²) in [5.74, 6) is -1.24. The molecule has 0 aliphatic carbocycles. The summed E-state index contributed by atoms with van der Waals surface area (Å²) in [7, 11) is 0. The molecule has 0 unspecified atom stereocenters. The molecule has 0 spiro atoms. The molecule has 0 fully saturated rings. The standard InChI is InChI=1S/C13H13F2NO/c1-4-9-7(3)13(17)10-11(15)6(2)5-8(14)12(10)16-9/h5H,4H2,1-3H3,(H,16,17). The quantitative estimate of drug-likeness (QED) is 0.812. The normalized spacial score (nSPS) is 11.1. The average molecular weight is 237 g/mol. The third-order valence-electron chi connectivity index (χ3n) is 3.05. The summed E-state index contributed by atoms with van der Waals surface area (Å²) >= 11 is 0. The Balaban J connectivity index is 3.07. The molecule has 1 aromatic heterocycles. The largest absolute Gasteiger partial charge is 0.355 e. The lowest BCUT2D eigenvalue weighted by atomic mass is 10.0. The molecule has 17 heavy (non-hydrogen) atoms. The van der Waals surface area contributed by atoms with E-state index in [1.165, 1.54) is 6.92 Å². The number of hydrogen-bond donors (Lipinski definition) is 1. The van der Waals surface area contributed by atoms with Gasteiger partial charge in [-0.05, 0) is 31.9 Å². The lowest BCUT2D eigenvalue weighted by molar-refractivity contribution is 0.606. The minimum absolute atomic E-state index is 0.0412. The van der Waals surface area contributed by atoms with Crippen LogP contribution in [0.4, 0.5) is 8.78 Å². The van der Waals surface area contributed by atoms with Gasteiger partial charge in [-0.15, -0.1) is 0 Å². The van der Waals surface area contributed by atoms with Crippen molar-refractivity contribution in [1.82, 2.24) is 4.98 Å². The van der Waals surface area contributed by atoms with Gasteiger partial charge in [0.25, 0.3) is 0 Å². The number of pyridine rings is 1. The third kappa shape index (κ3) is 1.64. The van der Waals surface area contributed by atoms with Crippen molar-refractivity contribution in [2.75, 3.05) is 0 Å². The van der Waals surface area contributed by atoms with E-state index in [-0.39, 0.29) is 16.5 Å². The van der Waals surface area contributed by atoms with E-state index >= 15 is 0 Å². The molecule has 90 valence electrons. The predicted molar refractivity (Wildman–Crippen MR) is 63.3 cm³/mol. The first-order valence-electron chi connectivity index (χ1n) is 5.47. The summed E-state index contributed by atoms with van der Waals surface area (Å²) in [6, 6.07) is 1.10. The van der Waals surface area contributed by atoms with Crippen LogP contribution in [-0.4, -0.2) is 4.98 Å². The van der Waals surface area contributed by atoms with E-state index in [1.807, 2.05) is 6.92 Å². The van der Waals surface area contributed by atoms with E-state index in [1.54, 1.807) is 6.92 Å². The number of benzene rings is 1. The maximum absolute atomic E-state index is 13.9. The molecular weight excluding hydrogens is 224 g/mol. The summed E-state index contributed by atoms with van der Waals surface area (Å²) < 4.78 is 27.6. The van der Waals surface area contributed by atoms with Crippen molar-refractivity contribution in [3.8, 4) is 0 Å². The van der Waals surface area contributed by atoms with Crippen molar-refractivity contribution in [3.63, 3.8) is 0 Å². The van der Waals surface area contributed by atoms with Crippen LogP contribution in [0.15, 0.2) is 10.9 Å². The van der Waals surface area contributed by atoms with Crippen LogP contribution in [0.1, 0.15) is 23.7 Å². The number of hydrogen-bond acceptors (Lipinski definition) is 1. The Morgan fingerprint density at radius 1 is 1.29 bits per heavy atom. The van der Waals surface area contributed by atoms with Gasteiger partial charge in [-0.25, -0.2) is 8.78 Å². The summed E-state index contributed by atoms with van der Waals surface area (Å²) in [5.41, 5.74) is 0.758. The Hall–Kier alpha value is -1.71. The Bertz CT molecular complexity index is 659. The van der Waals surface area contributed by atoms with E-state index in [2.05, 4.69) is 4.98 Å². The van der Waals surface area contributed by atoms with Gasteiger partial charge in [-0.1, -0.05) is 6.92 Å². The van der Waals surface area contributed by atoms with Gasteiger partial charge in [0.15, 0.2) is 5.43 Å². The third-order valence-corrected chi connectivity index (χ3v) is 3.05. The first-order valence-corrected chi connectivity index (χ1v) is 5.47. The Labute approximate surface area is 97.3 Å². The van der Waals surface area contributed by atoms with Crippen molar-refractivity contribution in [3.05, 3.63) is 44.7 Å². The molecule has 0 atom stereocenters. The fraction of sp³-hybridized carbons (Fsp3) is 0.308. The summed E-state index contributed by atoms with van der Waals surface area (Å²) in [6.45, 7) is 4.92. The number of aryl methyl sites for hydroxylation is 2. The van der Waals surface area contributed by atoms with Crippen LogP contribution in [-0.2, 0) is 6.42 Å². The van der Waals surface area contributed by atoms with E-state index in [4.69, 9.17) is 0 Å². The van der Waals surface area contributed by atoms with Crippen LogP contribution < -0.4 is 5.43 Å². The molecule has 2 rings (SSSR count). The maximum atomic E-state index is 13.9. The van der Waals surface area contributed by atoms with Gasteiger partial charge >= 0.3 is 0 Å². The van der Waals surface area contributed by atoms with E-state index in [9.17, 15) is 13.6 Å². The van der Waals surface area contributed by atoms with Crippen LogP contribution in [0.3, 0.4) is 0 Å². The van der Waals surface area contributed by atoms with E-state index in [0.717, 1.165) is 6.07 Å². The van der Waals surface area contributed by atoms with Gasteiger partial charge in [0.2, 0.25) is 0 Å². The first-order chi connectivity index (χ1) is 7.97. The molecule has 1 aromatic carbocycles. The van der Waals surface area contributed by atoms with Crippen molar-refractivity contribution >= 4 is 10.9 Å². The number of aromatic nitrogens is 1. The number of rotatable bonds is 1. The fourth-order valence-corrected chi connectivity index (χ4v) is 2.01. The lowest BCUT2D eigenvalue weighted by Gasteiger charge is -2.09. The molecule has 4 heteroatoms. The van der Waals surface area contributed by atoms with Gasteiger partial charge in [-0.3, -0.25) is 4.79 Å². The minimum Gasteiger partial charge on any atom is -0.355 e. The Morgan fingerprint density at radius 2 is 1.94 bits per heavy atom. The maximum Gasteiger partial charge on any atom is 0.195 e. The average Bonchev–Trinajstić information content (AvgIpc) is 2.29. The summed E-state index contributed by atoms with van der Waals surface area (Å²) in [5, 5.41) is -0.183. The molecule has 2 aromatic rings. The highest BCUT2D eigenvalue weighted by molar-refractivity contribution is 5.81. The van der Waals surface area contributed by atoms with Crippen molar-refractivity contribution in [2.24, 2.45) is 0 Å². The molecule has 0 amide bonds. The molecule has 0 radical (unpaired) electrons. The summed E-state index contributed by atoms with van der Waals surface area (Å²) in [4.78, 5) is 14.8. The van der Waals surface area contributed by atoms with Gasteiger partial charge in [0, 0.05) is 11.3 Å². The van der Waals surface area contributed by atoms with Crippen LogP contribution in [0.5, 0.6) is 0 Å². The first kappa shape index (κ1) is 11.8. The van der Waals surface area contributed by atoms with E-state index < -0.39 is 17.1 Å². The monoisotopic (exact) mass is 237 g/mol. The zero-order valence-corrected chi connectivity index (χ0v) is 9.95.